The number of hydrogen-bond acceptors (Lipinski definition) is 6. The third-order valence-corrected chi connectivity index (χ3v) is 7.54. The molecule has 3 rings (SSSR count). The van der Waals surface area contributed by atoms with Crippen molar-refractivity contribution in [2.45, 2.75) is 33.6 Å². The molecule has 1 aliphatic rings. The largest absolute Gasteiger partial charge is 0.479 e. The van der Waals surface area contributed by atoms with Crippen LogP contribution in [0, 0.1) is 13.8 Å². The molecule has 10 heteroatoms. The smallest absolute Gasteiger partial charge is 0.242 e. The van der Waals surface area contributed by atoms with Crippen molar-refractivity contribution in [3.8, 4) is 5.88 Å². The molecule has 0 bridgehead atoms. The van der Waals surface area contributed by atoms with E-state index in [0.29, 0.717) is 44.9 Å². The molecule has 1 amide bonds. The Morgan fingerprint density at radius 3 is 2.41 bits per heavy atom. The number of ether oxygens (including phenoxy) is 1. The first-order chi connectivity index (χ1) is 13.7. The molecule has 0 N–H and O–H groups in total. The Morgan fingerprint density at radius 1 is 1.17 bits per heavy atom. The van der Waals surface area contributed by atoms with Crippen molar-refractivity contribution < 1.29 is 17.9 Å². The van der Waals surface area contributed by atoms with Gasteiger partial charge in [0.15, 0.2) is 5.65 Å². The summed E-state index contributed by atoms with van der Waals surface area (Å²) in [5.74, 6) is 0.663. The molecule has 2 aromatic heterocycles. The fraction of sp³-hybridized carbons (Fsp3) is 0.632. The summed E-state index contributed by atoms with van der Waals surface area (Å²) in [5.41, 5.74) is 3.71. The zero-order valence-electron chi connectivity index (χ0n) is 17.7. The lowest BCUT2D eigenvalue weighted by atomic mass is 10.00. The van der Waals surface area contributed by atoms with Gasteiger partial charge in [0.05, 0.1) is 18.2 Å². The molecule has 9 nitrogen and oxygen atoms in total. The second-order valence-electron chi connectivity index (χ2n) is 7.31. The monoisotopic (exact) mass is 423 g/mol. The molecule has 2 aromatic rings. The first-order valence-electron chi connectivity index (χ1n) is 9.82. The number of aromatic nitrogens is 3. The topological polar surface area (TPSA) is 97.6 Å². The standard InChI is InChI=1S/C19H29N5O4S/c1-6-29(26,27)24-11-9-23(10-12-24)16(25)8-7-15-13(2)17-18(20-14(15)3)22(4)21-19(17)28-5/h6-12H2,1-5H3. The molecule has 0 aromatic carbocycles. The Bertz CT molecular complexity index is 1020. The van der Waals surface area contributed by atoms with Crippen molar-refractivity contribution in [3.63, 3.8) is 0 Å². The molecule has 0 saturated carbocycles. The fourth-order valence-corrected chi connectivity index (χ4v) is 4.98. The van der Waals surface area contributed by atoms with Gasteiger partial charge in [0.1, 0.15) is 0 Å². The Hall–Kier alpha value is -2.20. The molecule has 0 spiro atoms. The highest BCUT2D eigenvalue weighted by Gasteiger charge is 2.27. The summed E-state index contributed by atoms with van der Waals surface area (Å²) in [4.78, 5) is 19.1. The van der Waals surface area contributed by atoms with Crippen LogP contribution in [-0.4, -0.2) is 77.3 Å². The molecule has 0 unspecified atom stereocenters. The van der Waals surface area contributed by atoms with Crippen LogP contribution in [-0.2, 0) is 28.3 Å². The lowest BCUT2D eigenvalue weighted by molar-refractivity contribution is -0.132. The number of carbonyl (C=O) groups is 1. The highest BCUT2D eigenvalue weighted by atomic mass is 32.2. The van der Waals surface area contributed by atoms with Gasteiger partial charge < -0.3 is 9.64 Å². The van der Waals surface area contributed by atoms with Gasteiger partial charge in [-0.25, -0.2) is 18.1 Å². The maximum atomic E-state index is 12.7. The van der Waals surface area contributed by atoms with Crippen LogP contribution >= 0.6 is 0 Å². The molecule has 0 radical (unpaired) electrons. The number of carbonyl (C=O) groups excluding carboxylic acids is 1. The van der Waals surface area contributed by atoms with E-state index in [1.54, 1.807) is 23.6 Å². The maximum absolute atomic E-state index is 12.7. The minimum Gasteiger partial charge on any atom is -0.479 e. The first kappa shape index (κ1) is 21.5. The van der Waals surface area contributed by atoms with Gasteiger partial charge in [0, 0.05) is 45.3 Å². The van der Waals surface area contributed by atoms with E-state index in [1.807, 2.05) is 20.9 Å². The van der Waals surface area contributed by atoms with Gasteiger partial charge in [0.25, 0.3) is 0 Å². The maximum Gasteiger partial charge on any atom is 0.242 e. The molecule has 1 fully saturated rings. The predicted octanol–water partition coefficient (Wildman–Crippen LogP) is 1.02. The molecule has 1 aliphatic heterocycles. The van der Waals surface area contributed by atoms with Crippen molar-refractivity contribution in [2.75, 3.05) is 39.0 Å². The molecule has 0 aliphatic carbocycles. The van der Waals surface area contributed by atoms with E-state index in [1.165, 1.54) is 4.31 Å². The molecular weight excluding hydrogens is 394 g/mol. The fourth-order valence-electron chi connectivity index (χ4n) is 3.90. The summed E-state index contributed by atoms with van der Waals surface area (Å²) in [6.45, 7) is 7.18. The van der Waals surface area contributed by atoms with Crippen LogP contribution in [0.3, 0.4) is 0 Å². The Labute approximate surface area is 171 Å². The van der Waals surface area contributed by atoms with E-state index in [0.717, 1.165) is 27.9 Å². The van der Waals surface area contributed by atoms with E-state index in [2.05, 4.69) is 10.1 Å². The van der Waals surface area contributed by atoms with Gasteiger partial charge in [-0.2, -0.15) is 4.31 Å². The summed E-state index contributed by atoms with van der Waals surface area (Å²) < 4.78 is 32.5. The average Bonchev–Trinajstić information content (AvgIpc) is 3.03. The van der Waals surface area contributed by atoms with Gasteiger partial charge >= 0.3 is 0 Å². The van der Waals surface area contributed by atoms with Crippen LogP contribution in [0.15, 0.2) is 0 Å². The van der Waals surface area contributed by atoms with E-state index in [9.17, 15) is 13.2 Å². The van der Waals surface area contributed by atoms with Crippen LogP contribution in [0.5, 0.6) is 5.88 Å². The number of aryl methyl sites for hydroxylation is 3. The van der Waals surface area contributed by atoms with Crippen LogP contribution in [0.25, 0.3) is 11.0 Å². The summed E-state index contributed by atoms with van der Waals surface area (Å²) in [7, 11) is 0.223. The van der Waals surface area contributed by atoms with Gasteiger partial charge in [-0.3, -0.25) is 4.79 Å². The van der Waals surface area contributed by atoms with E-state index < -0.39 is 10.0 Å². The first-order valence-corrected chi connectivity index (χ1v) is 11.4. The highest BCUT2D eigenvalue weighted by Crippen LogP contribution is 2.30. The second kappa shape index (κ2) is 8.27. The average molecular weight is 424 g/mol. The lowest BCUT2D eigenvalue weighted by Gasteiger charge is -2.34. The molecule has 29 heavy (non-hydrogen) atoms. The van der Waals surface area contributed by atoms with Gasteiger partial charge in [-0.15, -0.1) is 5.10 Å². The summed E-state index contributed by atoms with van der Waals surface area (Å²) in [6, 6.07) is 0. The van der Waals surface area contributed by atoms with Crippen molar-refractivity contribution >= 4 is 27.0 Å². The molecular formula is C19H29N5O4S. The quantitative estimate of drug-likeness (QED) is 0.688. The van der Waals surface area contributed by atoms with Gasteiger partial charge in [0.2, 0.25) is 21.8 Å². The number of rotatable bonds is 6. The minimum atomic E-state index is -3.19. The molecule has 3 heterocycles. The summed E-state index contributed by atoms with van der Waals surface area (Å²) in [5, 5.41) is 5.23. The van der Waals surface area contributed by atoms with Gasteiger partial charge in [-0.05, 0) is 38.3 Å². The Balaban J connectivity index is 1.70. The lowest BCUT2D eigenvalue weighted by Crippen LogP contribution is -2.50. The van der Waals surface area contributed by atoms with E-state index >= 15 is 0 Å². The molecule has 1 saturated heterocycles. The van der Waals surface area contributed by atoms with Gasteiger partial charge in [-0.1, -0.05) is 0 Å². The number of nitrogens with zero attached hydrogens (tertiary/aromatic N) is 5. The Morgan fingerprint density at radius 2 is 1.83 bits per heavy atom. The number of amides is 1. The number of methoxy groups -OCH3 is 1. The van der Waals surface area contributed by atoms with Crippen molar-refractivity contribution in [1.82, 2.24) is 24.0 Å². The van der Waals surface area contributed by atoms with Crippen molar-refractivity contribution in [1.29, 1.82) is 0 Å². The number of pyridine rings is 1. The predicted molar refractivity (Wildman–Crippen MR) is 110 cm³/mol. The Kier molecular flexibility index (Phi) is 6.13. The van der Waals surface area contributed by atoms with Crippen LogP contribution in [0.2, 0.25) is 0 Å². The third kappa shape index (κ3) is 4.09. The third-order valence-electron chi connectivity index (χ3n) is 5.65. The van der Waals surface area contributed by atoms with E-state index in [4.69, 9.17) is 4.74 Å². The second-order valence-corrected chi connectivity index (χ2v) is 9.57. The minimum absolute atomic E-state index is 0.0376. The number of piperazine rings is 1. The number of fused-ring (bicyclic) bond motifs is 1. The molecule has 0 atom stereocenters. The zero-order chi connectivity index (χ0) is 21.3. The zero-order valence-corrected chi connectivity index (χ0v) is 18.5. The number of sulfonamides is 1. The summed E-state index contributed by atoms with van der Waals surface area (Å²) >= 11 is 0. The van der Waals surface area contributed by atoms with Crippen LogP contribution < -0.4 is 4.74 Å². The number of hydrogen-bond donors (Lipinski definition) is 0. The van der Waals surface area contributed by atoms with Crippen LogP contribution in [0.1, 0.15) is 30.2 Å². The van der Waals surface area contributed by atoms with Crippen molar-refractivity contribution in [3.05, 3.63) is 16.8 Å². The normalized spacial score (nSPS) is 15.8. The van der Waals surface area contributed by atoms with Crippen LogP contribution in [0.4, 0.5) is 0 Å². The summed E-state index contributed by atoms with van der Waals surface area (Å²) in [6.07, 6.45) is 0.933. The van der Waals surface area contributed by atoms with E-state index in [-0.39, 0.29) is 11.7 Å². The SMILES string of the molecule is CCS(=O)(=O)N1CCN(C(=O)CCc2c(C)nc3c(c(OC)nn3C)c2C)CC1. The molecule has 160 valence electrons. The van der Waals surface area contributed by atoms with Crippen molar-refractivity contribution in [2.24, 2.45) is 7.05 Å². The highest BCUT2D eigenvalue weighted by molar-refractivity contribution is 7.89.